The standard InChI is InChI=1S/C30H30N2/c1-17(2)31-13-19-5-9-23-25-11-7-21-15-32(18(3)4)16-22-8-12-26(30(25)28(21)22)24-10-6-20(14-31)27(19)29(23)24/h5-12,17-18H,13-16H2,1-4H3. The molecule has 2 aliphatic heterocycles. The van der Waals surface area contributed by atoms with Crippen molar-refractivity contribution in [2.75, 3.05) is 0 Å². The van der Waals surface area contributed by atoms with Crippen LogP contribution in [0.15, 0.2) is 48.5 Å². The van der Waals surface area contributed by atoms with Crippen LogP contribution >= 0.6 is 0 Å². The van der Waals surface area contributed by atoms with E-state index in [9.17, 15) is 0 Å². The van der Waals surface area contributed by atoms with E-state index in [4.69, 9.17) is 0 Å². The minimum absolute atomic E-state index is 0.563. The van der Waals surface area contributed by atoms with Crippen LogP contribution in [-0.4, -0.2) is 21.9 Å². The molecule has 0 spiro atoms. The molecule has 32 heavy (non-hydrogen) atoms. The topological polar surface area (TPSA) is 6.48 Å². The monoisotopic (exact) mass is 418 g/mol. The summed E-state index contributed by atoms with van der Waals surface area (Å²) < 4.78 is 0. The molecule has 2 heterocycles. The highest BCUT2D eigenvalue weighted by atomic mass is 15.2. The predicted octanol–water partition coefficient (Wildman–Crippen LogP) is 7.19. The highest BCUT2D eigenvalue weighted by Crippen LogP contribution is 2.46. The van der Waals surface area contributed by atoms with Gasteiger partial charge in [-0.15, -0.1) is 0 Å². The van der Waals surface area contributed by atoms with E-state index in [1.807, 2.05) is 0 Å². The molecule has 0 unspecified atom stereocenters. The second kappa shape index (κ2) is 6.43. The molecule has 5 aromatic rings. The Bertz CT molecular complexity index is 1320. The Kier molecular flexibility index (Phi) is 3.79. The number of fused-ring (bicyclic) bond motifs is 2. The smallest absolute Gasteiger partial charge is 0.0246 e. The Balaban J connectivity index is 1.59. The first-order valence-corrected chi connectivity index (χ1v) is 12.1. The molecule has 0 bridgehead atoms. The van der Waals surface area contributed by atoms with Crippen molar-refractivity contribution < 1.29 is 0 Å². The van der Waals surface area contributed by atoms with Gasteiger partial charge in [-0.1, -0.05) is 48.5 Å². The van der Waals surface area contributed by atoms with Crippen molar-refractivity contribution >= 4 is 43.1 Å². The van der Waals surface area contributed by atoms with Gasteiger partial charge in [0.05, 0.1) is 0 Å². The summed E-state index contributed by atoms with van der Waals surface area (Å²) in [5.41, 5.74) is 5.95. The minimum Gasteiger partial charge on any atom is -0.292 e. The third-order valence-corrected chi connectivity index (χ3v) is 8.20. The van der Waals surface area contributed by atoms with Crippen molar-refractivity contribution in [1.82, 2.24) is 9.80 Å². The molecule has 5 aromatic carbocycles. The van der Waals surface area contributed by atoms with Crippen LogP contribution in [0.2, 0.25) is 0 Å². The number of benzene rings is 5. The summed E-state index contributed by atoms with van der Waals surface area (Å²) in [6.45, 7) is 13.4. The minimum atomic E-state index is 0.563. The SMILES string of the molecule is CC(C)N1Cc2ccc3c4ccc5c6c(ccc(c7ccc(c2c37)C1)c64)CN(C(C)C)C5. The molecule has 0 aromatic heterocycles. The highest BCUT2D eigenvalue weighted by molar-refractivity contribution is 6.34. The van der Waals surface area contributed by atoms with Crippen LogP contribution in [0.25, 0.3) is 43.1 Å². The van der Waals surface area contributed by atoms with E-state index in [0.717, 1.165) is 26.2 Å². The number of rotatable bonds is 2. The van der Waals surface area contributed by atoms with Gasteiger partial charge in [-0.05, 0) is 93.0 Å². The molecule has 0 saturated heterocycles. The van der Waals surface area contributed by atoms with Gasteiger partial charge in [0.1, 0.15) is 0 Å². The first-order valence-electron chi connectivity index (χ1n) is 12.1. The molecular formula is C30H30N2. The molecule has 2 heteroatoms. The van der Waals surface area contributed by atoms with Crippen LogP contribution in [0.1, 0.15) is 49.9 Å². The van der Waals surface area contributed by atoms with Crippen LogP contribution in [0.4, 0.5) is 0 Å². The molecule has 0 atom stereocenters. The van der Waals surface area contributed by atoms with Gasteiger partial charge in [-0.3, -0.25) is 9.80 Å². The van der Waals surface area contributed by atoms with Crippen molar-refractivity contribution in [3.8, 4) is 0 Å². The lowest BCUT2D eigenvalue weighted by Gasteiger charge is -2.34. The fraction of sp³-hybridized carbons (Fsp3) is 0.333. The molecule has 0 fully saturated rings. The first-order chi connectivity index (χ1) is 15.5. The van der Waals surface area contributed by atoms with Crippen molar-refractivity contribution in [2.24, 2.45) is 0 Å². The molecule has 160 valence electrons. The third kappa shape index (κ3) is 2.37. The van der Waals surface area contributed by atoms with Crippen molar-refractivity contribution in [3.63, 3.8) is 0 Å². The molecule has 2 nitrogen and oxygen atoms in total. The Hall–Kier alpha value is -2.68. The molecule has 0 amide bonds. The molecule has 0 aliphatic carbocycles. The average Bonchev–Trinajstić information content (AvgIpc) is 2.80. The van der Waals surface area contributed by atoms with Crippen LogP contribution < -0.4 is 0 Å². The Morgan fingerprint density at radius 2 is 0.719 bits per heavy atom. The van der Waals surface area contributed by atoms with Gasteiger partial charge in [0, 0.05) is 38.3 Å². The van der Waals surface area contributed by atoms with E-state index in [-0.39, 0.29) is 0 Å². The van der Waals surface area contributed by atoms with Gasteiger partial charge in [0.2, 0.25) is 0 Å². The van der Waals surface area contributed by atoms with Crippen LogP contribution in [0.5, 0.6) is 0 Å². The first kappa shape index (κ1) is 18.8. The van der Waals surface area contributed by atoms with Gasteiger partial charge < -0.3 is 0 Å². The fourth-order valence-electron chi connectivity index (χ4n) is 6.43. The van der Waals surface area contributed by atoms with Crippen LogP contribution in [0.3, 0.4) is 0 Å². The Morgan fingerprint density at radius 3 is 0.969 bits per heavy atom. The van der Waals surface area contributed by atoms with E-state index in [0.29, 0.717) is 12.1 Å². The third-order valence-electron chi connectivity index (χ3n) is 8.20. The van der Waals surface area contributed by atoms with Gasteiger partial charge in [-0.2, -0.15) is 0 Å². The maximum Gasteiger partial charge on any atom is 0.0246 e. The van der Waals surface area contributed by atoms with E-state index < -0.39 is 0 Å². The number of hydrogen-bond donors (Lipinski definition) is 0. The zero-order valence-corrected chi connectivity index (χ0v) is 19.5. The molecule has 2 aliphatic rings. The second-order valence-corrected chi connectivity index (χ2v) is 10.6. The Morgan fingerprint density at radius 1 is 0.438 bits per heavy atom. The van der Waals surface area contributed by atoms with Gasteiger partial charge in [0.25, 0.3) is 0 Å². The quantitative estimate of drug-likeness (QED) is 0.221. The fourth-order valence-corrected chi connectivity index (χ4v) is 6.43. The summed E-state index contributed by atoms with van der Waals surface area (Å²) in [4.78, 5) is 5.17. The zero-order chi connectivity index (χ0) is 21.7. The van der Waals surface area contributed by atoms with Gasteiger partial charge >= 0.3 is 0 Å². The number of hydrogen-bond acceptors (Lipinski definition) is 2. The Labute approximate surface area is 189 Å². The average molecular weight is 419 g/mol. The highest BCUT2D eigenvalue weighted by Gasteiger charge is 2.26. The summed E-state index contributed by atoms with van der Waals surface area (Å²) >= 11 is 0. The zero-order valence-electron chi connectivity index (χ0n) is 19.5. The van der Waals surface area contributed by atoms with Crippen molar-refractivity contribution in [2.45, 2.75) is 66.0 Å². The van der Waals surface area contributed by atoms with Crippen molar-refractivity contribution in [3.05, 3.63) is 70.8 Å². The van der Waals surface area contributed by atoms with Gasteiger partial charge in [-0.25, -0.2) is 0 Å². The van der Waals surface area contributed by atoms with E-state index in [1.54, 1.807) is 0 Å². The van der Waals surface area contributed by atoms with Crippen molar-refractivity contribution in [1.29, 1.82) is 0 Å². The lowest BCUT2D eigenvalue weighted by Crippen LogP contribution is -2.32. The molecule has 0 N–H and O–H groups in total. The largest absolute Gasteiger partial charge is 0.292 e. The molecule has 0 radical (unpaired) electrons. The lowest BCUT2D eigenvalue weighted by atomic mass is 9.82. The lowest BCUT2D eigenvalue weighted by molar-refractivity contribution is 0.200. The molecule has 0 saturated carbocycles. The summed E-state index contributed by atoms with van der Waals surface area (Å²) in [7, 11) is 0. The van der Waals surface area contributed by atoms with E-state index in [1.165, 1.54) is 65.3 Å². The second-order valence-electron chi connectivity index (χ2n) is 10.6. The maximum absolute atomic E-state index is 2.59. The van der Waals surface area contributed by atoms with E-state index >= 15 is 0 Å². The summed E-state index contributed by atoms with van der Waals surface area (Å²) in [6, 6.07) is 20.4. The normalized spacial score (nSPS) is 17.2. The molecule has 7 rings (SSSR count). The predicted molar refractivity (Wildman–Crippen MR) is 136 cm³/mol. The van der Waals surface area contributed by atoms with Crippen LogP contribution in [-0.2, 0) is 26.2 Å². The summed E-state index contributed by atoms with van der Waals surface area (Å²) in [6.07, 6.45) is 0. The van der Waals surface area contributed by atoms with E-state index in [2.05, 4.69) is 86.0 Å². The van der Waals surface area contributed by atoms with Gasteiger partial charge in [0.15, 0.2) is 0 Å². The van der Waals surface area contributed by atoms with Crippen LogP contribution in [0, 0.1) is 0 Å². The summed E-state index contributed by atoms with van der Waals surface area (Å²) in [5.74, 6) is 0. The number of nitrogens with zero attached hydrogens (tertiary/aromatic N) is 2. The molecular weight excluding hydrogens is 388 g/mol. The maximum atomic E-state index is 2.59. The summed E-state index contributed by atoms with van der Waals surface area (Å²) in [5, 5.41) is 11.7.